The lowest BCUT2D eigenvalue weighted by Crippen LogP contribution is -2.34. The van der Waals surface area contributed by atoms with Crippen LogP contribution in [0.15, 0.2) is 36.4 Å². The molecule has 3 aromatic rings. The summed E-state index contributed by atoms with van der Waals surface area (Å²) in [6.45, 7) is 3.75. The van der Waals surface area contributed by atoms with E-state index < -0.39 is 5.91 Å². The molecule has 0 spiro atoms. The van der Waals surface area contributed by atoms with Crippen LogP contribution >= 0.6 is 0 Å². The Kier molecular flexibility index (Phi) is 9.75. The number of hydrogen-bond acceptors (Lipinski definition) is 11. The molecule has 43 heavy (non-hydrogen) atoms. The zero-order valence-electron chi connectivity index (χ0n) is 25.0. The number of ketones is 1. The van der Waals surface area contributed by atoms with E-state index in [1.165, 1.54) is 34.2 Å². The molecule has 0 aliphatic carbocycles. The van der Waals surface area contributed by atoms with Crippen molar-refractivity contribution in [2.24, 2.45) is 0 Å². The Morgan fingerprint density at radius 3 is 1.74 bits per heavy atom. The van der Waals surface area contributed by atoms with Crippen molar-refractivity contribution >= 4 is 40.9 Å². The zero-order valence-corrected chi connectivity index (χ0v) is 25.0. The Labute approximate surface area is 251 Å². The Bertz CT molecular complexity index is 1360. The summed E-state index contributed by atoms with van der Waals surface area (Å²) in [5.41, 5.74) is 1.58. The fourth-order valence-corrected chi connectivity index (χ4v) is 5.36. The summed E-state index contributed by atoms with van der Waals surface area (Å²) < 4.78 is 16.0. The fourth-order valence-electron chi connectivity index (χ4n) is 5.36. The lowest BCUT2D eigenvalue weighted by molar-refractivity contribution is -0.115. The average molecular weight is 590 g/mol. The molecule has 0 unspecified atom stereocenters. The van der Waals surface area contributed by atoms with Crippen LogP contribution < -0.4 is 34.6 Å². The number of nitrogens with zero attached hydrogens (tertiary/aromatic N) is 5. The molecule has 2 fully saturated rings. The molecule has 2 aliphatic rings. The highest BCUT2D eigenvalue weighted by atomic mass is 16.5. The molecule has 0 atom stereocenters. The molecule has 12 nitrogen and oxygen atoms in total. The number of methoxy groups -OCH3 is 3. The molecule has 12 heteroatoms. The molecule has 2 saturated heterocycles. The Hall–Kier alpha value is -4.61. The minimum Gasteiger partial charge on any atom is -0.493 e. The summed E-state index contributed by atoms with van der Waals surface area (Å²) in [6, 6.07) is 10.2. The van der Waals surface area contributed by atoms with Crippen LogP contribution in [0.4, 0.5) is 29.2 Å². The molecule has 0 radical (unpaired) electrons. The van der Waals surface area contributed by atoms with Crippen LogP contribution in [0, 0.1) is 0 Å². The van der Waals surface area contributed by atoms with E-state index in [2.05, 4.69) is 20.4 Å². The summed E-state index contributed by atoms with van der Waals surface area (Å²) in [4.78, 5) is 44.4. The lowest BCUT2D eigenvalue weighted by Gasteiger charge is -2.30. The molecule has 228 valence electrons. The lowest BCUT2D eigenvalue weighted by atomic mass is 10.1. The van der Waals surface area contributed by atoms with Crippen molar-refractivity contribution in [3.8, 4) is 17.2 Å². The van der Waals surface area contributed by atoms with Crippen LogP contribution in [-0.2, 0) is 4.79 Å². The molecule has 0 saturated carbocycles. The van der Waals surface area contributed by atoms with E-state index in [1.54, 1.807) is 36.4 Å². The highest BCUT2D eigenvalue weighted by molar-refractivity contribution is 6.11. The third-order valence-corrected chi connectivity index (χ3v) is 7.62. The zero-order chi connectivity index (χ0) is 30.2. The van der Waals surface area contributed by atoms with Crippen molar-refractivity contribution in [2.45, 2.75) is 44.9 Å². The Morgan fingerprint density at radius 1 is 0.721 bits per heavy atom. The normalized spacial score (nSPS) is 15.0. The maximum absolute atomic E-state index is 12.9. The predicted octanol–water partition coefficient (Wildman–Crippen LogP) is 4.83. The monoisotopic (exact) mass is 589 g/mol. The Balaban J connectivity index is 1.25. The van der Waals surface area contributed by atoms with E-state index in [0.717, 1.165) is 57.5 Å². The van der Waals surface area contributed by atoms with Crippen molar-refractivity contribution in [1.29, 1.82) is 0 Å². The van der Waals surface area contributed by atoms with Crippen LogP contribution in [-0.4, -0.2) is 74.2 Å². The van der Waals surface area contributed by atoms with Crippen LogP contribution in [0.3, 0.4) is 0 Å². The number of anilines is 5. The fraction of sp³-hybridized carbons (Fsp3) is 0.452. The molecule has 2 aliphatic heterocycles. The molecular formula is C31H39N7O5. The van der Waals surface area contributed by atoms with Gasteiger partial charge in [-0.15, -0.1) is 0 Å². The van der Waals surface area contributed by atoms with Gasteiger partial charge >= 0.3 is 0 Å². The second-order valence-electron chi connectivity index (χ2n) is 10.6. The highest BCUT2D eigenvalue weighted by Crippen LogP contribution is 2.40. The van der Waals surface area contributed by atoms with Gasteiger partial charge in [0.25, 0.3) is 0 Å². The van der Waals surface area contributed by atoms with Gasteiger partial charge in [0, 0.05) is 55.2 Å². The van der Waals surface area contributed by atoms with Gasteiger partial charge < -0.3 is 34.6 Å². The molecule has 3 heterocycles. The second-order valence-corrected chi connectivity index (χ2v) is 10.6. The van der Waals surface area contributed by atoms with Crippen LogP contribution in [0.1, 0.15) is 55.3 Å². The summed E-state index contributed by atoms with van der Waals surface area (Å²) >= 11 is 0. The first kappa shape index (κ1) is 29.9. The molecule has 2 aromatic carbocycles. The maximum Gasteiger partial charge on any atom is 0.233 e. The molecule has 1 aromatic heterocycles. The number of piperidine rings is 2. The topological polar surface area (TPSA) is 131 Å². The van der Waals surface area contributed by atoms with Gasteiger partial charge in [0.2, 0.25) is 29.5 Å². The van der Waals surface area contributed by atoms with Crippen LogP contribution in [0.5, 0.6) is 17.2 Å². The molecule has 0 bridgehead atoms. The number of rotatable bonds is 11. The number of benzene rings is 2. The van der Waals surface area contributed by atoms with Crippen molar-refractivity contribution in [3.63, 3.8) is 0 Å². The number of amides is 1. The number of carbonyl (C=O) groups is 2. The first-order chi connectivity index (χ1) is 21.0. The summed E-state index contributed by atoms with van der Waals surface area (Å²) in [5.74, 6) is 2.31. The van der Waals surface area contributed by atoms with Gasteiger partial charge in [0.05, 0.1) is 27.8 Å². The van der Waals surface area contributed by atoms with Crippen molar-refractivity contribution in [1.82, 2.24) is 15.0 Å². The average Bonchev–Trinajstić information content (AvgIpc) is 3.05. The highest BCUT2D eigenvalue weighted by Gasteiger charge is 2.21. The van der Waals surface area contributed by atoms with E-state index in [4.69, 9.17) is 29.2 Å². The first-order valence-corrected chi connectivity index (χ1v) is 14.7. The molecule has 1 amide bonds. The summed E-state index contributed by atoms with van der Waals surface area (Å²) in [5, 5.41) is 6.03. The van der Waals surface area contributed by atoms with E-state index in [0.29, 0.717) is 46.3 Å². The standard InChI is InChI=1S/C31H39N7O5/c1-41-25-18-23(19-26(42-2)28(25)43-3)32-27(40)20-24(39)21-10-12-22(13-11-21)33-29-34-30(37-14-6-4-7-15-37)36-31(35-29)38-16-8-5-9-17-38/h10-13,18-19H,4-9,14-17,20H2,1-3H3,(H,32,40)(H,33,34,35,36). The number of ether oxygens (including phenoxy) is 3. The largest absolute Gasteiger partial charge is 0.493 e. The van der Waals surface area contributed by atoms with Crippen LogP contribution in [0.25, 0.3) is 0 Å². The van der Waals surface area contributed by atoms with Gasteiger partial charge in [-0.1, -0.05) is 0 Å². The number of nitrogens with one attached hydrogen (secondary N) is 2. The molecular weight excluding hydrogens is 550 g/mol. The van der Waals surface area contributed by atoms with E-state index in [1.807, 2.05) is 0 Å². The number of aromatic nitrogens is 3. The quantitative estimate of drug-likeness (QED) is 0.235. The summed E-state index contributed by atoms with van der Waals surface area (Å²) in [7, 11) is 4.49. The van der Waals surface area contributed by atoms with Crippen molar-refractivity contribution in [3.05, 3.63) is 42.0 Å². The first-order valence-electron chi connectivity index (χ1n) is 14.7. The third kappa shape index (κ3) is 7.43. The van der Waals surface area contributed by atoms with E-state index >= 15 is 0 Å². The predicted molar refractivity (Wildman–Crippen MR) is 165 cm³/mol. The number of Topliss-reactive ketones (excluding diaryl/α,β-unsaturated/α-hetero) is 1. The van der Waals surface area contributed by atoms with Gasteiger partial charge in [-0.05, 0) is 62.8 Å². The Morgan fingerprint density at radius 2 is 1.26 bits per heavy atom. The second kappa shape index (κ2) is 14.0. The van der Waals surface area contributed by atoms with Gasteiger partial charge in [-0.3, -0.25) is 9.59 Å². The smallest absolute Gasteiger partial charge is 0.233 e. The SMILES string of the molecule is COc1cc(NC(=O)CC(=O)c2ccc(Nc3nc(N4CCCCC4)nc(N4CCCCC4)n3)cc2)cc(OC)c1OC. The van der Waals surface area contributed by atoms with Crippen molar-refractivity contribution < 1.29 is 23.8 Å². The van der Waals surface area contributed by atoms with E-state index in [9.17, 15) is 9.59 Å². The van der Waals surface area contributed by atoms with Gasteiger partial charge in [-0.25, -0.2) is 0 Å². The third-order valence-electron chi connectivity index (χ3n) is 7.62. The van der Waals surface area contributed by atoms with Crippen LogP contribution in [0.2, 0.25) is 0 Å². The summed E-state index contributed by atoms with van der Waals surface area (Å²) in [6.07, 6.45) is 6.64. The van der Waals surface area contributed by atoms with E-state index in [-0.39, 0.29) is 12.2 Å². The van der Waals surface area contributed by atoms with Gasteiger partial charge in [-0.2, -0.15) is 15.0 Å². The van der Waals surface area contributed by atoms with Gasteiger partial charge in [0.1, 0.15) is 0 Å². The molecule has 2 N–H and O–H groups in total. The number of carbonyl (C=O) groups excluding carboxylic acids is 2. The van der Waals surface area contributed by atoms with Crippen molar-refractivity contribution in [2.75, 3.05) is 67.9 Å². The minimum atomic E-state index is -0.456. The molecule has 5 rings (SSSR count). The maximum atomic E-state index is 12.9. The van der Waals surface area contributed by atoms with Gasteiger partial charge in [0.15, 0.2) is 17.3 Å². The minimum absolute atomic E-state index is 0.309. The number of hydrogen-bond donors (Lipinski definition) is 2.